The summed E-state index contributed by atoms with van der Waals surface area (Å²) in [5.74, 6) is -0.378. The zero-order valence-electron chi connectivity index (χ0n) is 19.3. The molecule has 178 valence electrons. The average Bonchev–Trinajstić information content (AvgIpc) is 2.86. The Labute approximate surface area is 198 Å². The number of amides is 1. The number of hydrogen-bond donors (Lipinski definition) is 0. The number of carbonyl (C=O) groups is 2. The molecule has 0 N–H and O–H groups in total. The molecule has 2 heterocycles. The van der Waals surface area contributed by atoms with Gasteiger partial charge in [-0.3, -0.25) is 9.69 Å². The van der Waals surface area contributed by atoms with Crippen molar-refractivity contribution in [3.8, 4) is 11.8 Å². The van der Waals surface area contributed by atoms with E-state index in [-0.39, 0.29) is 23.9 Å². The zero-order chi connectivity index (χ0) is 24.1. The van der Waals surface area contributed by atoms with Crippen molar-refractivity contribution in [3.63, 3.8) is 0 Å². The van der Waals surface area contributed by atoms with E-state index in [0.717, 1.165) is 38.0 Å². The molecule has 4 rings (SSSR count). The number of methoxy groups -OCH3 is 1. The number of piperazine rings is 1. The number of aryl methyl sites for hydroxylation is 1. The van der Waals surface area contributed by atoms with Crippen LogP contribution in [0, 0.1) is 17.1 Å². The molecule has 1 amide bonds. The van der Waals surface area contributed by atoms with Crippen LogP contribution in [0.3, 0.4) is 0 Å². The van der Waals surface area contributed by atoms with Crippen molar-refractivity contribution in [3.05, 3.63) is 64.0 Å². The van der Waals surface area contributed by atoms with Crippen molar-refractivity contribution in [1.29, 1.82) is 5.26 Å². The second-order valence-corrected chi connectivity index (χ2v) is 8.61. The highest BCUT2D eigenvalue weighted by Gasteiger charge is 2.22. The minimum absolute atomic E-state index is 0.0352. The molecular formula is C26H28FN3O4. The number of nitrogens with zero attached hydrogens (tertiary/aromatic N) is 3. The van der Waals surface area contributed by atoms with Gasteiger partial charge in [0, 0.05) is 51.6 Å². The monoisotopic (exact) mass is 465 g/mol. The molecule has 34 heavy (non-hydrogen) atoms. The minimum atomic E-state index is -0.599. The van der Waals surface area contributed by atoms with Gasteiger partial charge in [0.05, 0.1) is 24.8 Å². The Hall–Kier alpha value is -3.44. The number of benzene rings is 2. The summed E-state index contributed by atoms with van der Waals surface area (Å²) in [5, 5.41) is 8.97. The molecule has 0 spiro atoms. The number of nitriles is 1. The van der Waals surface area contributed by atoms with E-state index in [9.17, 15) is 14.0 Å². The zero-order valence-corrected chi connectivity index (χ0v) is 19.3. The van der Waals surface area contributed by atoms with E-state index in [1.165, 1.54) is 24.8 Å². The highest BCUT2D eigenvalue weighted by Crippen LogP contribution is 2.24. The molecule has 0 bridgehead atoms. The largest absolute Gasteiger partial charge is 0.496 e. The van der Waals surface area contributed by atoms with Gasteiger partial charge in [0.1, 0.15) is 17.6 Å². The maximum atomic E-state index is 14.0. The molecule has 1 saturated heterocycles. The van der Waals surface area contributed by atoms with Gasteiger partial charge in [-0.15, -0.1) is 0 Å². The second-order valence-electron chi connectivity index (χ2n) is 8.61. The van der Waals surface area contributed by atoms with Crippen molar-refractivity contribution in [2.24, 2.45) is 0 Å². The predicted octanol–water partition coefficient (Wildman–Crippen LogP) is 2.74. The summed E-state index contributed by atoms with van der Waals surface area (Å²) in [6.07, 6.45) is 2.27. The van der Waals surface area contributed by atoms with E-state index < -0.39 is 5.82 Å². The molecule has 0 radical (unpaired) electrons. The topological polar surface area (TPSA) is 82.9 Å². The number of carbonyl (C=O) groups excluding carboxylic acids is 2. The Morgan fingerprint density at radius 3 is 2.71 bits per heavy atom. The first-order valence-electron chi connectivity index (χ1n) is 11.5. The summed E-state index contributed by atoms with van der Waals surface area (Å²) in [6.45, 7) is 4.27. The van der Waals surface area contributed by atoms with Crippen LogP contribution in [-0.4, -0.2) is 68.1 Å². The van der Waals surface area contributed by atoms with Crippen LogP contribution in [0.2, 0.25) is 0 Å². The van der Waals surface area contributed by atoms with E-state index in [1.807, 2.05) is 17.0 Å². The van der Waals surface area contributed by atoms with E-state index in [2.05, 4.69) is 11.0 Å². The van der Waals surface area contributed by atoms with Gasteiger partial charge < -0.3 is 14.4 Å². The van der Waals surface area contributed by atoms with E-state index in [0.29, 0.717) is 43.0 Å². The van der Waals surface area contributed by atoms with Crippen molar-refractivity contribution in [2.75, 3.05) is 46.4 Å². The van der Waals surface area contributed by atoms with Gasteiger partial charge in [-0.1, -0.05) is 12.1 Å². The molecule has 2 aromatic rings. The van der Waals surface area contributed by atoms with Crippen molar-refractivity contribution < 1.29 is 23.5 Å². The normalized spacial score (nSPS) is 15.9. The van der Waals surface area contributed by atoms with Crippen LogP contribution in [0.15, 0.2) is 30.3 Å². The SMILES string of the molecule is COc1cc(C#N)c(F)cc1CCC(=O)N1CCN(CCc2ccc3c(c2)CCOC3=O)CC1. The molecule has 0 aromatic heterocycles. The summed E-state index contributed by atoms with van der Waals surface area (Å²) in [4.78, 5) is 28.7. The van der Waals surface area contributed by atoms with Crippen LogP contribution < -0.4 is 4.74 Å². The maximum absolute atomic E-state index is 14.0. The highest BCUT2D eigenvalue weighted by molar-refractivity contribution is 5.92. The third-order valence-corrected chi connectivity index (χ3v) is 6.53. The highest BCUT2D eigenvalue weighted by atomic mass is 19.1. The van der Waals surface area contributed by atoms with Crippen LogP contribution in [-0.2, 0) is 28.8 Å². The average molecular weight is 466 g/mol. The molecule has 0 saturated carbocycles. The number of hydrogen-bond acceptors (Lipinski definition) is 6. The van der Waals surface area contributed by atoms with Crippen molar-refractivity contribution in [1.82, 2.24) is 9.80 Å². The third-order valence-electron chi connectivity index (χ3n) is 6.53. The first-order valence-corrected chi connectivity index (χ1v) is 11.5. The fourth-order valence-electron chi connectivity index (χ4n) is 4.51. The maximum Gasteiger partial charge on any atom is 0.338 e. The molecule has 0 aliphatic carbocycles. The van der Waals surface area contributed by atoms with Crippen LogP contribution >= 0.6 is 0 Å². The number of ether oxygens (including phenoxy) is 2. The van der Waals surface area contributed by atoms with Gasteiger partial charge in [0.25, 0.3) is 0 Å². The fraction of sp³-hybridized carbons (Fsp3) is 0.423. The first-order chi connectivity index (χ1) is 16.5. The van der Waals surface area contributed by atoms with Gasteiger partial charge in [-0.25, -0.2) is 9.18 Å². The number of halogens is 1. The van der Waals surface area contributed by atoms with Gasteiger partial charge >= 0.3 is 5.97 Å². The summed E-state index contributed by atoms with van der Waals surface area (Å²) in [5.41, 5.74) is 3.45. The van der Waals surface area contributed by atoms with Crippen LogP contribution in [0.25, 0.3) is 0 Å². The summed E-state index contributed by atoms with van der Waals surface area (Å²) in [7, 11) is 1.47. The number of rotatable bonds is 7. The Kier molecular flexibility index (Phi) is 7.43. The Morgan fingerprint density at radius 1 is 1.18 bits per heavy atom. The predicted molar refractivity (Wildman–Crippen MR) is 123 cm³/mol. The van der Waals surface area contributed by atoms with Gasteiger partial charge in [-0.2, -0.15) is 5.26 Å². The number of fused-ring (bicyclic) bond motifs is 1. The van der Waals surface area contributed by atoms with Gasteiger partial charge in [0.2, 0.25) is 5.91 Å². The molecule has 2 aliphatic rings. The lowest BCUT2D eigenvalue weighted by Crippen LogP contribution is -2.49. The van der Waals surface area contributed by atoms with E-state index in [4.69, 9.17) is 14.7 Å². The first kappa shape index (κ1) is 23.7. The quantitative estimate of drug-likeness (QED) is 0.585. The van der Waals surface area contributed by atoms with Crippen molar-refractivity contribution in [2.45, 2.75) is 25.7 Å². The smallest absolute Gasteiger partial charge is 0.338 e. The molecule has 0 unspecified atom stereocenters. The summed E-state index contributed by atoms with van der Waals surface area (Å²) >= 11 is 0. The second kappa shape index (κ2) is 10.7. The summed E-state index contributed by atoms with van der Waals surface area (Å²) < 4.78 is 24.3. The summed E-state index contributed by atoms with van der Waals surface area (Å²) in [6, 6.07) is 10.4. The third kappa shape index (κ3) is 5.37. The number of cyclic esters (lactones) is 1. The fourth-order valence-corrected chi connectivity index (χ4v) is 4.51. The van der Waals surface area contributed by atoms with Crippen LogP contribution in [0.1, 0.15) is 39.0 Å². The Bertz CT molecular complexity index is 1120. The molecule has 0 atom stereocenters. The Balaban J connectivity index is 1.24. The molecular weight excluding hydrogens is 437 g/mol. The lowest BCUT2D eigenvalue weighted by atomic mass is 9.98. The lowest BCUT2D eigenvalue weighted by Gasteiger charge is -2.35. The molecule has 1 fully saturated rings. The van der Waals surface area contributed by atoms with Crippen molar-refractivity contribution >= 4 is 11.9 Å². The molecule has 2 aromatic carbocycles. The van der Waals surface area contributed by atoms with Gasteiger partial charge in [-0.05, 0) is 41.7 Å². The molecule has 7 nitrogen and oxygen atoms in total. The van der Waals surface area contributed by atoms with E-state index >= 15 is 0 Å². The molecule has 2 aliphatic heterocycles. The van der Waals surface area contributed by atoms with Crippen LogP contribution in [0.5, 0.6) is 5.75 Å². The van der Waals surface area contributed by atoms with E-state index in [1.54, 1.807) is 6.07 Å². The van der Waals surface area contributed by atoms with Crippen LogP contribution in [0.4, 0.5) is 4.39 Å². The Morgan fingerprint density at radius 2 is 1.97 bits per heavy atom. The standard InChI is InChI=1S/C26H28FN3O4/c1-33-24-16-21(17-28)23(27)15-20(24)3-5-25(31)30-11-9-29(10-12-30)8-6-18-2-4-22-19(14-18)7-13-34-26(22)32/h2,4,14-16H,3,5-13H2,1H3. The lowest BCUT2D eigenvalue weighted by molar-refractivity contribution is -0.132. The number of esters is 1. The van der Waals surface area contributed by atoms with Gasteiger partial charge in [0.15, 0.2) is 0 Å². The molecule has 8 heteroatoms. The minimum Gasteiger partial charge on any atom is -0.496 e.